The Morgan fingerprint density at radius 2 is 1.84 bits per heavy atom. The highest BCUT2D eigenvalue weighted by molar-refractivity contribution is 6.00. The number of benzene rings is 2. The van der Waals surface area contributed by atoms with E-state index in [0.29, 0.717) is 12.0 Å². The molecule has 3 aromatic rings. The van der Waals surface area contributed by atoms with Gasteiger partial charge in [-0.1, -0.05) is 12.1 Å². The quantitative estimate of drug-likeness (QED) is 0.462. The lowest BCUT2D eigenvalue weighted by molar-refractivity contribution is -0.151. The highest BCUT2D eigenvalue weighted by Gasteiger charge is 2.37. The van der Waals surface area contributed by atoms with E-state index in [0.717, 1.165) is 15.0 Å². The molecular weight excluding hydrogens is 405 g/mol. The second kappa shape index (κ2) is 7.82. The third kappa shape index (κ3) is 3.31. The van der Waals surface area contributed by atoms with Crippen LogP contribution in [0.5, 0.6) is 5.75 Å². The highest BCUT2D eigenvalue weighted by Crippen LogP contribution is 2.29. The van der Waals surface area contributed by atoms with Crippen LogP contribution >= 0.6 is 0 Å². The molecule has 2 amide bonds. The van der Waals surface area contributed by atoms with Crippen molar-refractivity contribution in [2.75, 3.05) is 7.11 Å². The second-order valence-corrected chi connectivity index (χ2v) is 7.39. The fourth-order valence-corrected chi connectivity index (χ4v) is 3.98. The smallest absolute Gasteiger partial charge is 0.329 e. The normalized spacial score (nSPS) is 16.7. The van der Waals surface area contributed by atoms with E-state index in [2.05, 4.69) is 0 Å². The molecule has 0 saturated carbocycles. The van der Waals surface area contributed by atoms with Gasteiger partial charge in [0.2, 0.25) is 5.91 Å². The second-order valence-electron chi connectivity index (χ2n) is 7.39. The van der Waals surface area contributed by atoms with Crippen molar-refractivity contribution in [1.29, 1.82) is 0 Å². The van der Waals surface area contributed by atoms with Crippen molar-refractivity contribution in [3.63, 3.8) is 0 Å². The predicted molar refractivity (Wildman–Crippen MR) is 109 cm³/mol. The first kappa shape index (κ1) is 20.5. The summed E-state index contributed by atoms with van der Waals surface area (Å²) < 4.78 is 22.1. The van der Waals surface area contributed by atoms with Crippen LogP contribution in [-0.4, -0.2) is 39.2 Å². The number of halogens is 1. The molecule has 0 N–H and O–H groups in total. The van der Waals surface area contributed by atoms with E-state index in [1.807, 2.05) is 0 Å². The van der Waals surface area contributed by atoms with Crippen LogP contribution in [0.25, 0.3) is 11.0 Å². The van der Waals surface area contributed by atoms with Gasteiger partial charge in [-0.15, -0.1) is 0 Å². The number of amides is 2. The molecule has 31 heavy (non-hydrogen) atoms. The number of imidazole rings is 1. The summed E-state index contributed by atoms with van der Waals surface area (Å²) in [5.74, 6) is -1.03. The minimum Gasteiger partial charge on any atom is -0.497 e. The largest absolute Gasteiger partial charge is 0.497 e. The number of piperidine rings is 1. The fourth-order valence-electron chi connectivity index (χ4n) is 3.98. The standard InChI is InChI=1S/C22H20FN3O5/c1-24-20-16(8-5-14(12-27)19(20)23)26(22(24)30)17-9-10-18(28)25(21(17)29)11-13-3-6-15(31-2)7-4-13/h3-8,12,17H,9-11H2,1-2H3. The first-order valence-electron chi connectivity index (χ1n) is 9.69. The zero-order chi connectivity index (χ0) is 22.3. The number of imide groups is 1. The first-order valence-corrected chi connectivity index (χ1v) is 9.69. The van der Waals surface area contributed by atoms with Crippen molar-refractivity contribution in [2.24, 2.45) is 7.05 Å². The predicted octanol–water partition coefficient (Wildman–Crippen LogP) is 2.19. The Bertz CT molecular complexity index is 1260. The van der Waals surface area contributed by atoms with Gasteiger partial charge >= 0.3 is 5.69 Å². The average molecular weight is 425 g/mol. The summed E-state index contributed by atoms with van der Waals surface area (Å²) in [5.41, 5.74) is 0.115. The summed E-state index contributed by atoms with van der Waals surface area (Å²) in [4.78, 5) is 50.8. The molecule has 8 nitrogen and oxygen atoms in total. The van der Waals surface area contributed by atoms with Gasteiger partial charge in [0.05, 0.1) is 24.7 Å². The van der Waals surface area contributed by atoms with Crippen molar-refractivity contribution in [2.45, 2.75) is 25.4 Å². The molecule has 1 aromatic heterocycles. The van der Waals surface area contributed by atoms with Crippen LogP contribution in [0.4, 0.5) is 4.39 Å². The lowest BCUT2D eigenvalue weighted by Crippen LogP contribution is -2.47. The van der Waals surface area contributed by atoms with Gasteiger partial charge in [0, 0.05) is 13.5 Å². The molecule has 1 aliphatic heterocycles. The number of aromatic nitrogens is 2. The molecule has 9 heteroatoms. The number of hydrogen-bond donors (Lipinski definition) is 0. The number of likely N-dealkylation sites (tertiary alicyclic amines) is 1. The van der Waals surface area contributed by atoms with Crippen LogP contribution in [-0.2, 0) is 23.2 Å². The van der Waals surface area contributed by atoms with Crippen LogP contribution in [0.15, 0.2) is 41.2 Å². The van der Waals surface area contributed by atoms with Gasteiger partial charge in [-0.25, -0.2) is 9.18 Å². The third-order valence-corrected chi connectivity index (χ3v) is 5.63. The third-order valence-electron chi connectivity index (χ3n) is 5.63. The number of fused-ring (bicyclic) bond motifs is 1. The van der Waals surface area contributed by atoms with Crippen molar-refractivity contribution < 1.29 is 23.5 Å². The SMILES string of the molecule is COc1ccc(CN2C(=O)CCC(n3c(=O)n(C)c4c(F)c(C=O)ccc43)C2=O)cc1. The number of nitrogens with zero attached hydrogens (tertiary/aromatic N) is 3. The number of carbonyl (C=O) groups is 3. The molecule has 4 rings (SSSR count). The lowest BCUT2D eigenvalue weighted by Gasteiger charge is -2.31. The number of hydrogen-bond acceptors (Lipinski definition) is 5. The number of rotatable bonds is 5. The van der Waals surface area contributed by atoms with Crippen molar-refractivity contribution in [3.8, 4) is 5.75 Å². The van der Waals surface area contributed by atoms with Crippen LogP contribution < -0.4 is 10.4 Å². The zero-order valence-electron chi connectivity index (χ0n) is 17.0. The van der Waals surface area contributed by atoms with E-state index in [-0.39, 0.29) is 41.9 Å². The summed E-state index contributed by atoms with van der Waals surface area (Å²) in [6.45, 7) is 0.0569. The van der Waals surface area contributed by atoms with Crippen LogP contribution in [0, 0.1) is 5.82 Å². The van der Waals surface area contributed by atoms with E-state index in [1.54, 1.807) is 31.4 Å². The van der Waals surface area contributed by atoms with Gasteiger partial charge in [-0.05, 0) is 36.2 Å². The molecule has 1 aliphatic rings. The molecule has 1 atom stereocenters. The monoisotopic (exact) mass is 425 g/mol. The van der Waals surface area contributed by atoms with Gasteiger partial charge in [0.1, 0.15) is 17.3 Å². The van der Waals surface area contributed by atoms with Gasteiger partial charge in [-0.3, -0.25) is 28.4 Å². The molecule has 2 aromatic carbocycles. The van der Waals surface area contributed by atoms with Crippen LogP contribution in [0.2, 0.25) is 0 Å². The molecule has 0 aliphatic carbocycles. The molecule has 1 saturated heterocycles. The van der Waals surface area contributed by atoms with Gasteiger partial charge in [0.15, 0.2) is 12.1 Å². The highest BCUT2D eigenvalue weighted by atomic mass is 19.1. The number of carbonyl (C=O) groups excluding carboxylic acids is 3. The summed E-state index contributed by atoms with van der Waals surface area (Å²) in [6.07, 6.45) is 0.578. The van der Waals surface area contributed by atoms with Crippen molar-refractivity contribution >= 4 is 29.1 Å². The summed E-state index contributed by atoms with van der Waals surface area (Å²) in [5, 5.41) is 0. The molecule has 1 unspecified atom stereocenters. The number of aryl methyl sites for hydroxylation is 1. The lowest BCUT2D eigenvalue weighted by atomic mass is 10.0. The Hall–Kier alpha value is -3.75. The maximum absolute atomic E-state index is 14.7. The van der Waals surface area contributed by atoms with E-state index >= 15 is 0 Å². The van der Waals surface area contributed by atoms with Gasteiger partial charge in [0.25, 0.3) is 5.91 Å². The van der Waals surface area contributed by atoms with E-state index in [9.17, 15) is 23.6 Å². The Kier molecular flexibility index (Phi) is 5.18. The first-order chi connectivity index (χ1) is 14.9. The number of aldehydes is 1. The maximum Gasteiger partial charge on any atom is 0.329 e. The van der Waals surface area contributed by atoms with Gasteiger partial charge < -0.3 is 4.74 Å². The topological polar surface area (TPSA) is 90.6 Å². The molecule has 2 heterocycles. The van der Waals surface area contributed by atoms with Crippen LogP contribution in [0.3, 0.4) is 0 Å². The minimum atomic E-state index is -0.950. The van der Waals surface area contributed by atoms with Crippen molar-refractivity contribution in [1.82, 2.24) is 14.0 Å². The molecular formula is C22H20FN3O5. The summed E-state index contributed by atoms with van der Waals surface area (Å²) in [7, 11) is 2.92. The number of methoxy groups -OCH3 is 1. The Morgan fingerprint density at radius 3 is 2.48 bits per heavy atom. The molecule has 160 valence electrons. The Labute approximate surface area is 176 Å². The summed E-state index contributed by atoms with van der Waals surface area (Å²) >= 11 is 0. The Balaban J connectivity index is 1.74. The molecule has 0 radical (unpaired) electrons. The van der Waals surface area contributed by atoms with Crippen molar-refractivity contribution in [3.05, 3.63) is 63.8 Å². The average Bonchev–Trinajstić information content (AvgIpc) is 3.03. The fraction of sp³-hybridized carbons (Fsp3) is 0.273. The molecule has 1 fully saturated rings. The molecule has 0 bridgehead atoms. The van der Waals surface area contributed by atoms with Crippen LogP contribution in [0.1, 0.15) is 34.8 Å². The minimum absolute atomic E-state index is 0.0546. The maximum atomic E-state index is 14.7. The summed E-state index contributed by atoms with van der Waals surface area (Å²) in [6, 6.07) is 8.73. The number of ether oxygens (including phenoxy) is 1. The molecule has 0 spiro atoms. The van der Waals surface area contributed by atoms with E-state index in [1.165, 1.54) is 23.7 Å². The Morgan fingerprint density at radius 1 is 1.13 bits per heavy atom. The van der Waals surface area contributed by atoms with Gasteiger partial charge in [-0.2, -0.15) is 0 Å². The van der Waals surface area contributed by atoms with E-state index in [4.69, 9.17) is 4.74 Å². The zero-order valence-corrected chi connectivity index (χ0v) is 17.0. The van der Waals surface area contributed by atoms with E-state index < -0.39 is 23.5 Å².